The number of thiazole rings is 1. The number of hydrogen-bond donors (Lipinski definition) is 2. The van der Waals surface area contributed by atoms with Crippen molar-refractivity contribution in [2.45, 2.75) is 27.3 Å². The van der Waals surface area contributed by atoms with E-state index < -0.39 is 5.69 Å². The van der Waals surface area contributed by atoms with Crippen molar-refractivity contribution >= 4 is 43.5 Å². The predicted octanol–water partition coefficient (Wildman–Crippen LogP) is 3.19. The fourth-order valence-corrected chi connectivity index (χ4v) is 4.31. The summed E-state index contributed by atoms with van der Waals surface area (Å²) in [5.41, 5.74) is 2.88. The van der Waals surface area contributed by atoms with Crippen LogP contribution in [0, 0.1) is 13.8 Å². The molecule has 0 radical (unpaired) electrons. The lowest BCUT2D eigenvalue weighted by atomic mass is 10.1. The molecule has 0 aliphatic rings. The smallest absolute Gasteiger partial charge is 0.307 e. The van der Waals surface area contributed by atoms with Gasteiger partial charge < -0.3 is 4.98 Å². The van der Waals surface area contributed by atoms with Crippen molar-refractivity contribution in [1.82, 2.24) is 14.5 Å². The average molecular weight is 394 g/mol. The maximum absolute atomic E-state index is 12.7. The van der Waals surface area contributed by atoms with Crippen LogP contribution in [0.4, 0.5) is 5.13 Å². The number of aromatic nitrogens is 3. The monoisotopic (exact) mass is 394 g/mol. The highest BCUT2D eigenvalue weighted by Gasteiger charge is 2.14. The first-order valence-electron chi connectivity index (χ1n) is 8.83. The van der Waals surface area contributed by atoms with E-state index in [0.717, 1.165) is 25.9 Å². The Morgan fingerprint density at radius 1 is 1.21 bits per heavy atom. The molecule has 2 aromatic carbocycles. The molecule has 0 spiro atoms. The summed E-state index contributed by atoms with van der Waals surface area (Å²) >= 11 is 1.41. The highest BCUT2D eigenvalue weighted by atomic mass is 32.1. The number of nitrogens with one attached hydrogen (secondary N) is 2. The second kappa shape index (κ2) is 6.72. The van der Waals surface area contributed by atoms with E-state index in [9.17, 15) is 14.4 Å². The molecule has 0 saturated heterocycles. The molecule has 0 aliphatic heterocycles. The maximum atomic E-state index is 12.7. The molecule has 28 heavy (non-hydrogen) atoms. The molecule has 0 atom stereocenters. The molecule has 2 heterocycles. The zero-order valence-electron chi connectivity index (χ0n) is 15.6. The minimum absolute atomic E-state index is 0.281. The van der Waals surface area contributed by atoms with Crippen molar-refractivity contribution in [3.05, 3.63) is 67.9 Å². The summed E-state index contributed by atoms with van der Waals surface area (Å²) in [6, 6.07) is 8.72. The predicted molar refractivity (Wildman–Crippen MR) is 112 cm³/mol. The number of rotatable bonds is 3. The van der Waals surface area contributed by atoms with Gasteiger partial charge in [-0.15, -0.1) is 0 Å². The minimum Gasteiger partial charge on any atom is -0.307 e. The molecule has 142 valence electrons. The van der Waals surface area contributed by atoms with E-state index >= 15 is 0 Å². The Labute approximate surface area is 163 Å². The summed E-state index contributed by atoms with van der Waals surface area (Å²) in [5.74, 6) is -0.351. The molecule has 0 bridgehead atoms. The molecule has 0 fully saturated rings. The maximum Gasteiger partial charge on any atom is 0.328 e. The van der Waals surface area contributed by atoms with Crippen LogP contribution in [0.1, 0.15) is 28.4 Å². The lowest BCUT2D eigenvalue weighted by molar-refractivity contribution is 0.102. The Bertz CT molecular complexity index is 1360. The van der Waals surface area contributed by atoms with Gasteiger partial charge in [-0.3, -0.25) is 19.5 Å². The number of fused-ring (bicyclic) bond motifs is 2. The quantitative estimate of drug-likeness (QED) is 0.558. The van der Waals surface area contributed by atoms with E-state index in [-0.39, 0.29) is 18.0 Å². The van der Waals surface area contributed by atoms with E-state index in [1.807, 2.05) is 19.9 Å². The number of H-pyrrole nitrogens is 1. The zero-order valence-corrected chi connectivity index (χ0v) is 16.4. The van der Waals surface area contributed by atoms with Gasteiger partial charge in [0, 0.05) is 12.1 Å². The molecule has 0 unspecified atom stereocenters. The highest BCUT2D eigenvalue weighted by molar-refractivity contribution is 7.22. The second-order valence-corrected chi connectivity index (χ2v) is 7.67. The van der Waals surface area contributed by atoms with Gasteiger partial charge in [0.05, 0.1) is 21.1 Å². The first-order chi connectivity index (χ1) is 13.4. The minimum atomic E-state index is -0.491. The number of carbonyl (C=O) groups is 1. The van der Waals surface area contributed by atoms with Gasteiger partial charge in [0.25, 0.3) is 11.5 Å². The van der Waals surface area contributed by atoms with Gasteiger partial charge in [-0.2, -0.15) is 0 Å². The number of benzene rings is 2. The van der Waals surface area contributed by atoms with Gasteiger partial charge in [0.1, 0.15) is 0 Å². The van der Waals surface area contributed by atoms with Crippen LogP contribution >= 0.6 is 11.3 Å². The molecule has 0 saturated carbocycles. The number of aryl methyl sites for hydroxylation is 2. The average Bonchev–Trinajstić information content (AvgIpc) is 3.04. The van der Waals surface area contributed by atoms with E-state index in [1.54, 1.807) is 19.1 Å². The zero-order chi connectivity index (χ0) is 20.0. The Kier molecular flexibility index (Phi) is 4.35. The van der Waals surface area contributed by atoms with Crippen LogP contribution in [0.5, 0.6) is 0 Å². The first-order valence-corrected chi connectivity index (χ1v) is 9.65. The number of amides is 1. The third-order valence-electron chi connectivity index (χ3n) is 4.61. The molecule has 7 nitrogen and oxygen atoms in total. The number of hydrogen-bond acceptors (Lipinski definition) is 5. The van der Waals surface area contributed by atoms with Gasteiger partial charge in [0.15, 0.2) is 5.13 Å². The second-order valence-electron chi connectivity index (χ2n) is 6.64. The van der Waals surface area contributed by atoms with E-state index in [4.69, 9.17) is 0 Å². The number of nitrogens with zero attached hydrogens (tertiary/aromatic N) is 2. The van der Waals surface area contributed by atoms with Gasteiger partial charge in [-0.25, -0.2) is 9.78 Å². The van der Waals surface area contributed by atoms with Gasteiger partial charge in [-0.1, -0.05) is 17.4 Å². The SMILES string of the molecule is CCn1c(=O)[nH]c2cc(C(=O)Nc3nc4c(C)cc(C)cc4s3)ccc2c1=O. The fourth-order valence-electron chi connectivity index (χ4n) is 3.28. The fraction of sp³-hybridized carbons (Fsp3) is 0.200. The molecule has 2 aromatic heterocycles. The Morgan fingerprint density at radius 2 is 2.00 bits per heavy atom. The van der Waals surface area contributed by atoms with Crippen molar-refractivity contribution in [3.63, 3.8) is 0 Å². The highest BCUT2D eigenvalue weighted by Crippen LogP contribution is 2.29. The van der Waals surface area contributed by atoms with Crippen molar-refractivity contribution < 1.29 is 4.79 Å². The summed E-state index contributed by atoms with van der Waals surface area (Å²) in [4.78, 5) is 44.2. The molecular formula is C20H18N4O3S. The normalized spacial score (nSPS) is 11.2. The third-order valence-corrected chi connectivity index (χ3v) is 5.53. The van der Waals surface area contributed by atoms with Crippen molar-refractivity contribution in [1.29, 1.82) is 0 Å². The van der Waals surface area contributed by atoms with Crippen LogP contribution in [0.2, 0.25) is 0 Å². The molecule has 4 rings (SSSR count). The summed E-state index contributed by atoms with van der Waals surface area (Å²) < 4.78 is 2.13. The number of carbonyl (C=O) groups excluding carboxylic acids is 1. The molecule has 1 amide bonds. The summed E-state index contributed by atoms with van der Waals surface area (Å²) in [6.07, 6.45) is 0. The third kappa shape index (κ3) is 3.01. The van der Waals surface area contributed by atoms with Crippen LogP contribution in [0.15, 0.2) is 39.9 Å². The van der Waals surface area contributed by atoms with Gasteiger partial charge in [0.2, 0.25) is 0 Å². The van der Waals surface area contributed by atoms with Crippen LogP contribution in [-0.4, -0.2) is 20.4 Å². The van der Waals surface area contributed by atoms with E-state index in [2.05, 4.69) is 21.4 Å². The Balaban J connectivity index is 1.70. The van der Waals surface area contributed by atoms with Crippen LogP contribution in [-0.2, 0) is 6.54 Å². The Hall–Kier alpha value is -3.26. The van der Waals surface area contributed by atoms with Crippen molar-refractivity contribution in [2.24, 2.45) is 0 Å². The summed E-state index contributed by atoms with van der Waals surface area (Å²) in [7, 11) is 0. The topological polar surface area (TPSA) is 96.8 Å². The van der Waals surface area contributed by atoms with Gasteiger partial charge >= 0.3 is 5.69 Å². The lowest BCUT2D eigenvalue weighted by Gasteiger charge is -2.06. The first kappa shape index (κ1) is 18.1. The lowest BCUT2D eigenvalue weighted by Crippen LogP contribution is -2.34. The number of anilines is 1. The van der Waals surface area contributed by atoms with E-state index in [0.29, 0.717) is 21.6 Å². The summed E-state index contributed by atoms with van der Waals surface area (Å²) in [5, 5.41) is 3.67. The van der Waals surface area contributed by atoms with Crippen LogP contribution in [0.25, 0.3) is 21.1 Å². The molecule has 2 N–H and O–H groups in total. The van der Waals surface area contributed by atoms with Gasteiger partial charge in [-0.05, 0) is 56.2 Å². The molecule has 8 heteroatoms. The van der Waals surface area contributed by atoms with Crippen molar-refractivity contribution in [3.8, 4) is 0 Å². The number of aromatic amines is 1. The van der Waals surface area contributed by atoms with Crippen LogP contribution in [0.3, 0.4) is 0 Å². The van der Waals surface area contributed by atoms with E-state index in [1.165, 1.54) is 17.4 Å². The van der Waals surface area contributed by atoms with Crippen LogP contribution < -0.4 is 16.6 Å². The Morgan fingerprint density at radius 3 is 2.75 bits per heavy atom. The standard InChI is InChI=1S/C20H18N4O3S/c1-4-24-18(26)13-6-5-12(9-14(13)21-20(24)27)17(25)23-19-22-16-11(3)7-10(2)8-15(16)28-19/h5-9H,4H2,1-3H3,(H,21,27)(H,22,23,25). The summed E-state index contributed by atoms with van der Waals surface area (Å²) in [6.45, 7) is 6.02. The largest absolute Gasteiger partial charge is 0.328 e. The molecule has 4 aromatic rings. The molecular weight excluding hydrogens is 376 g/mol. The molecule has 0 aliphatic carbocycles. The van der Waals surface area contributed by atoms with Crippen molar-refractivity contribution in [2.75, 3.05) is 5.32 Å².